The molecular weight excluding hydrogens is 295 g/mol. The molecule has 2 aromatic rings. The van der Waals surface area contributed by atoms with Crippen LogP contribution in [0.25, 0.3) is 0 Å². The van der Waals surface area contributed by atoms with Gasteiger partial charge in [-0.15, -0.1) is 10.2 Å². The van der Waals surface area contributed by atoms with Gasteiger partial charge in [0.2, 0.25) is 5.91 Å². The van der Waals surface area contributed by atoms with Crippen molar-refractivity contribution < 1.29 is 9.18 Å². The Hall–Kier alpha value is -2.24. The van der Waals surface area contributed by atoms with E-state index in [-0.39, 0.29) is 24.2 Å². The van der Waals surface area contributed by atoms with Gasteiger partial charge in [0.15, 0.2) is 5.82 Å². The maximum Gasteiger partial charge on any atom is 0.225 e. The van der Waals surface area contributed by atoms with Crippen LogP contribution in [0.15, 0.2) is 24.3 Å². The van der Waals surface area contributed by atoms with E-state index in [1.807, 2.05) is 6.92 Å². The SMILES string of the molecule is C[C@H](NC(=O)Cc1cccc(F)c1)c1nnc2n1CCCCC2. The van der Waals surface area contributed by atoms with E-state index in [1.54, 1.807) is 12.1 Å². The van der Waals surface area contributed by atoms with Crippen molar-refractivity contribution in [2.75, 3.05) is 0 Å². The van der Waals surface area contributed by atoms with Crippen LogP contribution in [0.1, 0.15) is 49.4 Å². The average Bonchev–Trinajstić information content (AvgIpc) is 2.76. The molecule has 122 valence electrons. The number of halogens is 1. The van der Waals surface area contributed by atoms with Gasteiger partial charge in [-0.25, -0.2) is 4.39 Å². The molecule has 1 aromatic carbocycles. The summed E-state index contributed by atoms with van der Waals surface area (Å²) >= 11 is 0. The lowest BCUT2D eigenvalue weighted by Gasteiger charge is -2.15. The molecule has 0 bridgehead atoms. The zero-order chi connectivity index (χ0) is 16.2. The third-order valence-corrected chi connectivity index (χ3v) is 4.16. The smallest absolute Gasteiger partial charge is 0.225 e. The maximum atomic E-state index is 13.2. The van der Waals surface area contributed by atoms with Crippen molar-refractivity contribution in [1.29, 1.82) is 0 Å². The van der Waals surface area contributed by atoms with Gasteiger partial charge < -0.3 is 9.88 Å². The van der Waals surface area contributed by atoms with Crippen molar-refractivity contribution in [2.24, 2.45) is 0 Å². The van der Waals surface area contributed by atoms with Gasteiger partial charge in [-0.3, -0.25) is 4.79 Å². The second-order valence-corrected chi connectivity index (χ2v) is 6.03. The quantitative estimate of drug-likeness (QED) is 0.943. The minimum absolute atomic E-state index is 0.144. The fourth-order valence-corrected chi connectivity index (χ4v) is 3.02. The van der Waals surface area contributed by atoms with Gasteiger partial charge >= 0.3 is 0 Å². The van der Waals surface area contributed by atoms with Crippen molar-refractivity contribution in [3.63, 3.8) is 0 Å². The van der Waals surface area contributed by atoms with E-state index in [4.69, 9.17) is 0 Å². The number of benzene rings is 1. The van der Waals surface area contributed by atoms with Gasteiger partial charge in [0.1, 0.15) is 11.6 Å². The molecule has 0 unspecified atom stereocenters. The Morgan fingerprint density at radius 2 is 2.22 bits per heavy atom. The van der Waals surface area contributed by atoms with E-state index >= 15 is 0 Å². The third-order valence-electron chi connectivity index (χ3n) is 4.16. The summed E-state index contributed by atoms with van der Waals surface area (Å²) in [4.78, 5) is 12.2. The highest BCUT2D eigenvalue weighted by molar-refractivity contribution is 5.78. The zero-order valence-electron chi connectivity index (χ0n) is 13.3. The molecule has 0 aliphatic carbocycles. The van der Waals surface area contributed by atoms with Crippen LogP contribution in [0.2, 0.25) is 0 Å². The number of amides is 1. The number of carbonyl (C=O) groups is 1. The molecule has 1 amide bonds. The molecule has 1 aliphatic heterocycles. The predicted molar refractivity (Wildman–Crippen MR) is 84.2 cm³/mol. The molecular formula is C17H21FN4O. The molecule has 23 heavy (non-hydrogen) atoms. The molecule has 6 heteroatoms. The maximum absolute atomic E-state index is 13.2. The molecule has 1 aromatic heterocycles. The number of rotatable bonds is 4. The van der Waals surface area contributed by atoms with E-state index < -0.39 is 0 Å². The molecule has 2 heterocycles. The van der Waals surface area contributed by atoms with Gasteiger partial charge in [-0.1, -0.05) is 18.6 Å². The number of aromatic nitrogens is 3. The number of hydrogen-bond donors (Lipinski definition) is 1. The average molecular weight is 316 g/mol. The molecule has 0 fully saturated rings. The Morgan fingerprint density at radius 1 is 1.35 bits per heavy atom. The summed E-state index contributed by atoms with van der Waals surface area (Å²) in [6.45, 7) is 2.81. The predicted octanol–water partition coefficient (Wildman–Crippen LogP) is 2.56. The van der Waals surface area contributed by atoms with Crippen molar-refractivity contribution in [3.8, 4) is 0 Å². The van der Waals surface area contributed by atoms with Crippen LogP contribution in [0.5, 0.6) is 0 Å². The van der Waals surface area contributed by atoms with Crippen molar-refractivity contribution >= 4 is 5.91 Å². The molecule has 1 atom stereocenters. The molecule has 1 N–H and O–H groups in total. The molecule has 5 nitrogen and oxygen atoms in total. The van der Waals surface area contributed by atoms with Gasteiger partial charge in [0, 0.05) is 13.0 Å². The van der Waals surface area contributed by atoms with E-state index in [1.165, 1.54) is 18.6 Å². The molecule has 0 spiro atoms. The van der Waals surface area contributed by atoms with Gasteiger partial charge in [-0.2, -0.15) is 0 Å². The normalized spacial score (nSPS) is 15.6. The first-order valence-electron chi connectivity index (χ1n) is 8.09. The summed E-state index contributed by atoms with van der Waals surface area (Å²) in [5.74, 6) is 1.33. The lowest BCUT2D eigenvalue weighted by Crippen LogP contribution is -2.30. The van der Waals surface area contributed by atoms with E-state index in [0.717, 1.165) is 37.5 Å². The lowest BCUT2D eigenvalue weighted by molar-refractivity contribution is -0.121. The Bertz CT molecular complexity index is 698. The number of aryl methyl sites for hydroxylation is 1. The number of hydrogen-bond acceptors (Lipinski definition) is 3. The Balaban J connectivity index is 1.66. The van der Waals surface area contributed by atoms with Crippen molar-refractivity contribution in [1.82, 2.24) is 20.1 Å². The zero-order valence-corrected chi connectivity index (χ0v) is 13.3. The third kappa shape index (κ3) is 3.75. The molecule has 0 radical (unpaired) electrons. The standard InChI is InChI=1S/C17H21FN4O/c1-12(17-21-20-15-8-3-2-4-9-22(15)17)19-16(23)11-13-6-5-7-14(18)10-13/h5-7,10,12H,2-4,8-9,11H2,1H3,(H,19,23)/t12-/m0/s1. The minimum Gasteiger partial charge on any atom is -0.346 e. The van der Waals surface area contributed by atoms with Gasteiger partial charge in [-0.05, 0) is 37.5 Å². The number of carbonyl (C=O) groups excluding carboxylic acids is 1. The summed E-state index contributed by atoms with van der Waals surface area (Å²) in [6.07, 6.45) is 4.55. The Kier molecular flexibility index (Phi) is 4.69. The van der Waals surface area contributed by atoms with Crippen LogP contribution in [-0.2, 0) is 24.2 Å². The van der Waals surface area contributed by atoms with E-state index in [0.29, 0.717) is 5.56 Å². The monoisotopic (exact) mass is 316 g/mol. The summed E-state index contributed by atoms with van der Waals surface area (Å²) < 4.78 is 15.3. The first-order chi connectivity index (χ1) is 11.1. The van der Waals surface area contributed by atoms with Crippen LogP contribution in [0, 0.1) is 5.82 Å². The van der Waals surface area contributed by atoms with Crippen LogP contribution in [0.3, 0.4) is 0 Å². The van der Waals surface area contributed by atoms with Crippen LogP contribution in [-0.4, -0.2) is 20.7 Å². The Labute approximate surface area is 134 Å². The highest BCUT2D eigenvalue weighted by Crippen LogP contribution is 2.18. The Morgan fingerprint density at radius 3 is 3.04 bits per heavy atom. The fourth-order valence-electron chi connectivity index (χ4n) is 3.02. The van der Waals surface area contributed by atoms with Gasteiger partial charge in [0.05, 0.1) is 12.5 Å². The van der Waals surface area contributed by atoms with E-state index in [2.05, 4.69) is 20.1 Å². The summed E-state index contributed by atoms with van der Waals surface area (Å²) in [5, 5.41) is 11.4. The second-order valence-electron chi connectivity index (χ2n) is 6.03. The molecule has 1 aliphatic rings. The largest absolute Gasteiger partial charge is 0.346 e. The highest BCUT2D eigenvalue weighted by atomic mass is 19.1. The first-order valence-corrected chi connectivity index (χ1v) is 8.09. The molecule has 0 saturated heterocycles. The van der Waals surface area contributed by atoms with E-state index in [9.17, 15) is 9.18 Å². The topological polar surface area (TPSA) is 59.8 Å². The van der Waals surface area contributed by atoms with Crippen molar-refractivity contribution in [3.05, 3.63) is 47.3 Å². The summed E-state index contributed by atoms with van der Waals surface area (Å²) in [6, 6.07) is 5.90. The summed E-state index contributed by atoms with van der Waals surface area (Å²) in [5.41, 5.74) is 0.662. The number of fused-ring (bicyclic) bond motifs is 1. The fraction of sp³-hybridized carbons (Fsp3) is 0.471. The van der Waals surface area contributed by atoms with Gasteiger partial charge in [0.25, 0.3) is 0 Å². The van der Waals surface area contributed by atoms with Crippen molar-refractivity contribution in [2.45, 2.75) is 51.6 Å². The minimum atomic E-state index is -0.328. The highest BCUT2D eigenvalue weighted by Gasteiger charge is 2.20. The first kappa shape index (κ1) is 15.6. The number of nitrogens with one attached hydrogen (secondary N) is 1. The second kappa shape index (κ2) is 6.89. The lowest BCUT2D eigenvalue weighted by atomic mass is 10.1. The molecule has 3 rings (SSSR count). The number of nitrogens with zero attached hydrogens (tertiary/aromatic N) is 3. The van der Waals surface area contributed by atoms with Crippen LogP contribution >= 0.6 is 0 Å². The van der Waals surface area contributed by atoms with Crippen LogP contribution < -0.4 is 5.32 Å². The van der Waals surface area contributed by atoms with Crippen LogP contribution in [0.4, 0.5) is 4.39 Å². The molecule has 0 saturated carbocycles. The summed E-state index contributed by atoms with van der Waals surface area (Å²) in [7, 11) is 0.